The molecule has 33 heavy (non-hydrogen) atoms. The monoisotopic (exact) mass is 459 g/mol. The van der Waals surface area contributed by atoms with E-state index in [1.54, 1.807) is 7.11 Å². The molecule has 4 aromatic rings. The molecular formula is C26H25N3O3S. The van der Waals surface area contributed by atoms with E-state index in [0.717, 1.165) is 48.3 Å². The molecule has 1 aliphatic rings. The summed E-state index contributed by atoms with van der Waals surface area (Å²) in [5.74, 6) is 1.36. The van der Waals surface area contributed by atoms with Crippen molar-refractivity contribution in [1.82, 2.24) is 9.88 Å². The van der Waals surface area contributed by atoms with Gasteiger partial charge in [0.05, 0.1) is 12.8 Å². The van der Waals surface area contributed by atoms with E-state index < -0.39 is 0 Å². The molecule has 0 aliphatic carbocycles. The second-order valence-electron chi connectivity index (χ2n) is 8.09. The molecule has 0 radical (unpaired) electrons. The van der Waals surface area contributed by atoms with E-state index in [1.807, 2.05) is 53.9 Å². The minimum Gasteiger partial charge on any atom is -0.497 e. The van der Waals surface area contributed by atoms with Crippen molar-refractivity contribution < 1.29 is 14.3 Å². The molecule has 0 atom stereocenters. The fourth-order valence-electron chi connectivity index (χ4n) is 4.08. The summed E-state index contributed by atoms with van der Waals surface area (Å²) in [5.41, 5.74) is 3.64. The number of thiazole rings is 1. The first-order valence-corrected chi connectivity index (χ1v) is 11.8. The predicted octanol–water partition coefficient (Wildman–Crippen LogP) is 4.88. The van der Waals surface area contributed by atoms with Gasteiger partial charge in [0.1, 0.15) is 11.5 Å². The van der Waals surface area contributed by atoms with E-state index in [1.165, 1.54) is 22.5 Å². The van der Waals surface area contributed by atoms with Crippen molar-refractivity contribution in [1.29, 1.82) is 0 Å². The Kier molecular flexibility index (Phi) is 6.24. The third-order valence-electron chi connectivity index (χ3n) is 5.78. The molecule has 0 bridgehead atoms. The fraction of sp³-hybridized carbons (Fsp3) is 0.231. The van der Waals surface area contributed by atoms with E-state index in [-0.39, 0.29) is 12.5 Å². The van der Waals surface area contributed by atoms with Crippen molar-refractivity contribution in [2.24, 2.45) is 0 Å². The molecule has 6 nitrogen and oxygen atoms in total. The van der Waals surface area contributed by atoms with Crippen LogP contribution in [-0.2, 0) is 24.3 Å². The van der Waals surface area contributed by atoms with E-state index in [9.17, 15) is 4.79 Å². The Balaban J connectivity index is 1.13. The summed E-state index contributed by atoms with van der Waals surface area (Å²) in [7, 11) is 1.70. The number of hydrogen-bond donors (Lipinski definition) is 1. The van der Waals surface area contributed by atoms with Gasteiger partial charge in [-0.2, -0.15) is 0 Å². The lowest BCUT2D eigenvalue weighted by atomic mass is 9.99. The number of benzene rings is 3. The van der Waals surface area contributed by atoms with Crippen LogP contribution in [0.5, 0.6) is 11.5 Å². The van der Waals surface area contributed by atoms with Gasteiger partial charge in [0.15, 0.2) is 11.7 Å². The number of fused-ring (bicyclic) bond motifs is 2. The number of hydrogen-bond acceptors (Lipinski definition) is 6. The van der Waals surface area contributed by atoms with Gasteiger partial charge in [-0.1, -0.05) is 36.4 Å². The SMILES string of the molecule is COc1ccc2c(c1)CCN(Cc1csc(NC(=O)COc3ccc4ccccc4c3)n1)C2. The molecule has 2 heterocycles. The van der Waals surface area contributed by atoms with Crippen molar-refractivity contribution in [3.63, 3.8) is 0 Å². The number of rotatable bonds is 7. The number of methoxy groups -OCH3 is 1. The fourth-order valence-corrected chi connectivity index (χ4v) is 4.79. The second-order valence-corrected chi connectivity index (χ2v) is 8.94. The number of nitrogens with one attached hydrogen (secondary N) is 1. The number of amides is 1. The van der Waals surface area contributed by atoms with Crippen LogP contribution in [0.15, 0.2) is 66.0 Å². The molecule has 7 heteroatoms. The van der Waals surface area contributed by atoms with Crippen LogP contribution in [0.3, 0.4) is 0 Å². The Morgan fingerprint density at radius 3 is 2.79 bits per heavy atom. The Hall–Kier alpha value is -3.42. The second kappa shape index (κ2) is 9.60. The zero-order valence-corrected chi connectivity index (χ0v) is 19.2. The van der Waals surface area contributed by atoms with Gasteiger partial charge in [-0.05, 0) is 52.6 Å². The summed E-state index contributed by atoms with van der Waals surface area (Å²) >= 11 is 1.44. The van der Waals surface area contributed by atoms with Crippen molar-refractivity contribution in [2.45, 2.75) is 19.5 Å². The van der Waals surface area contributed by atoms with Crippen LogP contribution < -0.4 is 14.8 Å². The van der Waals surface area contributed by atoms with Gasteiger partial charge in [0.25, 0.3) is 5.91 Å². The van der Waals surface area contributed by atoms with Gasteiger partial charge in [-0.3, -0.25) is 15.0 Å². The molecule has 5 rings (SSSR count). The van der Waals surface area contributed by atoms with Crippen LogP contribution in [0.1, 0.15) is 16.8 Å². The first-order chi connectivity index (χ1) is 16.2. The molecule has 0 fully saturated rings. The molecule has 0 saturated carbocycles. The molecule has 0 spiro atoms. The molecule has 0 unspecified atom stereocenters. The first-order valence-electron chi connectivity index (χ1n) is 10.9. The topological polar surface area (TPSA) is 63.7 Å². The number of carbonyl (C=O) groups is 1. The van der Waals surface area contributed by atoms with Crippen LogP contribution >= 0.6 is 11.3 Å². The van der Waals surface area contributed by atoms with E-state index in [0.29, 0.717) is 10.9 Å². The molecule has 1 N–H and O–H groups in total. The number of nitrogens with zero attached hydrogens (tertiary/aromatic N) is 2. The van der Waals surface area contributed by atoms with Crippen molar-refractivity contribution in [3.8, 4) is 11.5 Å². The average Bonchev–Trinajstić information content (AvgIpc) is 3.28. The highest BCUT2D eigenvalue weighted by molar-refractivity contribution is 7.13. The minimum absolute atomic E-state index is 0.0559. The smallest absolute Gasteiger partial charge is 0.264 e. The Bertz CT molecular complexity index is 1290. The van der Waals surface area contributed by atoms with Crippen LogP contribution in [0, 0.1) is 0 Å². The number of ether oxygens (including phenoxy) is 2. The highest BCUT2D eigenvalue weighted by atomic mass is 32.1. The van der Waals surface area contributed by atoms with Crippen LogP contribution in [0.25, 0.3) is 10.8 Å². The van der Waals surface area contributed by atoms with Crippen molar-refractivity contribution in [3.05, 3.63) is 82.9 Å². The highest BCUT2D eigenvalue weighted by Crippen LogP contribution is 2.26. The van der Waals surface area contributed by atoms with E-state index >= 15 is 0 Å². The quantitative estimate of drug-likeness (QED) is 0.427. The summed E-state index contributed by atoms with van der Waals surface area (Å²) < 4.78 is 11.0. The molecule has 1 amide bonds. The maximum absolute atomic E-state index is 12.3. The lowest BCUT2D eigenvalue weighted by Gasteiger charge is -2.28. The Morgan fingerprint density at radius 1 is 1.06 bits per heavy atom. The van der Waals surface area contributed by atoms with Crippen molar-refractivity contribution >= 4 is 33.1 Å². The maximum Gasteiger partial charge on any atom is 0.264 e. The van der Waals surface area contributed by atoms with Crippen molar-refractivity contribution in [2.75, 3.05) is 25.6 Å². The largest absolute Gasteiger partial charge is 0.497 e. The minimum atomic E-state index is -0.218. The third kappa shape index (κ3) is 5.16. The average molecular weight is 460 g/mol. The highest BCUT2D eigenvalue weighted by Gasteiger charge is 2.18. The summed E-state index contributed by atoms with van der Waals surface area (Å²) in [4.78, 5) is 19.3. The normalized spacial score (nSPS) is 13.5. The van der Waals surface area contributed by atoms with E-state index in [4.69, 9.17) is 9.47 Å². The molecule has 1 aliphatic heterocycles. The van der Waals surface area contributed by atoms with Crippen LogP contribution in [0.2, 0.25) is 0 Å². The number of carbonyl (C=O) groups excluding carboxylic acids is 1. The summed E-state index contributed by atoms with van der Waals surface area (Å²) in [6, 6.07) is 20.2. The van der Waals surface area contributed by atoms with Gasteiger partial charge in [-0.15, -0.1) is 11.3 Å². The third-order valence-corrected chi connectivity index (χ3v) is 6.59. The van der Waals surface area contributed by atoms with Crippen LogP contribution in [-0.4, -0.2) is 36.1 Å². The number of aromatic nitrogens is 1. The maximum atomic E-state index is 12.3. The standard InChI is InChI=1S/C26H25N3O3S/c1-31-23-8-7-21-14-29(11-10-20(21)12-23)15-22-17-33-26(27-22)28-25(30)16-32-24-9-6-18-4-2-3-5-19(18)13-24/h2-9,12-13,17H,10-11,14-16H2,1H3,(H,27,28,30). The van der Waals surface area contributed by atoms with Gasteiger partial charge >= 0.3 is 0 Å². The summed E-state index contributed by atoms with van der Waals surface area (Å²) in [5, 5.41) is 7.67. The lowest BCUT2D eigenvalue weighted by Crippen LogP contribution is -2.30. The molecular weight excluding hydrogens is 434 g/mol. The van der Waals surface area contributed by atoms with Crippen LogP contribution in [0.4, 0.5) is 5.13 Å². The molecule has 3 aromatic carbocycles. The zero-order chi connectivity index (χ0) is 22.6. The van der Waals surface area contributed by atoms with Gasteiger partial charge < -0.3 is 9.47 Å². The van der Waals surface area contributed by atoms with Gasteiger partial charge in [-0.25, -0.2) is 4.98 Å². The first kappa shape index (κ1) is 21.4. The van der Waals surface area contributed by atoms with Gasteiger partial charge in [0.2, 0.25) is 0 Å². The summed E-state index contributed by atoms with van der Waals surface area (Å²) in [6.07, 6.45) is 0.992. The van der Waals surface area contributed by atoms with Gasteiger partial charge in [0, 0.05) is 25.0 Å². The summed E-state index contributed by atoms with van der Waals surface area (Å²) in [6.45, 7) is 2.56. The molecule has 168 valence electrons. The molecule has 1 aromatic heterocycles. The predicted molar refractivity (Wildman–Crippen MR) is 131 cm³/mol. The zero-order valence-electron chi connectivity index (χ0n) is 18.4. The Morgan fingerprint density at radius 2 is 1.91 bits per heavy atom. The molecule has 0 saturated heterocycles. The van der Waals surface area contributed by atoms with E-state index in [2.05, 4.69) is 27.3 Å². The number of anilines is 1. The Labute approximate surface area is 196 Å². The lowest BCUT2D eigenvalue weighted by molar-refractivity contribution is -0.118.